The molecule has 1 aromatic carbocycles. The Hall–Kier alpha value is -1.97. The zero-order chi connectivity index (χ0) is 10.0. The van der Waals surface area contributed by atoms with Gasteiger partial charge in [-0.25, -0.2) is 0 Å². The number of carbonyl (C=O) groups excluding carboxylic acids is 1. The van der Waals surface area contributed by atoms with Crippen molar-refractivity contribution >= 4 is 5.78 Å². The first-order valence-corrected chi connectivity index (χ1v) is 3.47. The minimum atomic E-state index is -0.766. The van der Waals surface area contributed by atoms with Crippen LogP contribution in [0.25, 0.3) is 0 Å². The van der Waals surface area contributed by atoms with Gasteiger partial charge in [-0.2, -0.15) is 0 Å². The number of aromatic hydroxyl groups is 2. The van der Waals surface area contributed by atoms with E-state index in [1.54, 1.807) is 0 Å². The molecule has 0 fully saturated rings. The molecule has 1 rings (SSSR count). The smallest absolute Gasteiger partial charge is 0.230 e. The van der Waals surface area contributed by atoms with Crippen LogP contribution in [0.15, 0.2) is 30.5 Å². The van der Waals surface area contributed by atoms with Gasteiger partial charge in [0, 0.05) is 6.07 Å². The van der Waals surface area contributed by atoms with Crippen LogP contribution in [0.2, 0.25) is 0 Å². The van der Waals surface area contributed by atoms with Crippen molar-refractivity contribution in [1.82, 2.24) is 0 Å². The summed E-state index contributed by atoms with van der Waals surface area (Å²) in [4.78, 5) is 11.1. The van der Waals surface area contributed by atoms with E-state index in [0.717, 1.165) is 6.07 Å². The number of benzene rings is 1. The molecule has 3 N–H and O–H groups in total. The standard InChI is InChI=1S/C9H8O4/c1-5(10)9(13)7-3-2-6(11)4-8(7)12/h2-4,10-12H,1H2. The summed E-state index contributed by atoms with van der Waals surface area (Å²) in [5, 5.41) is 26.8. The largest absolute Gasteiger partial charge is 0.508 e. The average molecular weight is 180 g/mol. The highest BCUT2D eigenvalue weighted by molar-refractivity contribution is 6.08. The van der Waals surface area contributed by atoms with Gasteiger partial charge in [-0.1, -0.05) is 6.58 Å². The molecule has 68 valence electrons. The summed E-state index contributed by atoms with van der Waals surface area (Å²) in [6.45, 7) is 3.03. The Morgan fingerprint density at radius 2 is 1.92 bits per heavy atom. The lowest BCUT2D eigenvalue weighted by Crippen LogP contribution is -2.01. The molecule has 0 saturated carbocycles. The van der Waals surface area contributed by atoms with Crippen molar-refractivity contribution in [2.45, 2.75) is 0 Å². The lowest BCUT2D eigenvalue weighted by atomic mass is 10.1. The molecule has 0 aliphatic rings. The van der Waals surface area contributed by atoms with Crippen molar-refractivity contribution < 1.29 is 20.1 Å². The summed E-state index contributed by atoms with van der Waals surface area (Å²) in [5.41, 5.74) is -0.0923. The predicted octanol–water partition coefficient (Wildman–Crippen LogP) is 1.35. The quantitative estimate of drug-likeness (QED) is 0.364. The fourth-order valence-corrected chi connectivity index (χ4v) is 0.867. The zero-order valence-electron chi connectivity index (χ0n) is 6.69. The van der Waals surface area contributed by atoms with E-state index in [1.807, 2.05) is 0 Å². The number of rotatable bonds is 2. The number of hydrogen-bond donors (Lipinski definition) is 3. The summed E-state index contributed by atoms with van der Waals surface area (Å²) in [7, 11) is 0. The van der Waals surface area contributed by atoms with Gasteiger partial charge in [0.05, 0.1) is 5.56 Å². The summed E-state index contributed by atoms with van der Waals surface area (Å²) >= 11 is 0. The van der Waals surface area contributed by atoms with Crippen LogP contribution in [-0.4, -0.2) is 21.1 Å². The number of ketones is 1. The van der Waals surface area contributed by atoms with Gasteiger partial charge in [-0.15, -0.1) is 0 Å². The number of phenolic OH excluding ortho intramolecular Hbond substituents is 2. The fourth-order valence-electron chi connectivity index (χ4n) is 0.867. The summed E-state index contributed by atoms with van der Waals surface area (Å²) < 4.78 is 0. The van der Waals surface area contributed by atoms with Crippen molar-refractivity contribution in [3.63, 3.8) is 0 Å². The first-order chi connectivity index (χ1) is 6.02. The van der Waals surface area contributed by atoms with E-state index >= 15 is 0 Å². The van der Waals surface area contributed by atoms with Gasteiger partial charge in [0.25, 0.3) is 0 Å². The van der Waals surface area contributed by atoms with E-state index in [1.165, 1.54) is 12.1 Å². The maximum Gasteiger partial charge on any atom is 0.230 e. The van der Waals surface area contributed by atoms with Gasteiger partial charge in [-0.3, -0.25) is 4.79 Å². The van der Waals surface area contributed by atoms with Gasteiger partial charge < -0.3 is 15.3 Å². The Morgan fingerprint density at radius 1 is 1.31 bits per heavy atom. The van der Waals surface area contributed by atoms with Crippen LogP contribution in [-0.2, 0) is 0 Å². The second-order valence-corrected chi connectivity index (χ2v) is 2.48. The van der Waals surface area contributed by atoms with Crippen molar-refractivity contribution in [3.05, 3.63) is 36.1 Å². The Labute approximate surface area is 74.4 Å². The number of aliphatic hydroxyl groups is 1. The predicted molar refractivity (Wildman–Crippen MR) is 45.9 cm³/mol. The molecular formula is C9H8O4. The summed E-state index contributed by atoms with van der Waals surface area (Å²) in [6.07, 6.45) is 0. The van der Waals surface area contributed by atoms with E-state index in [2.05, 4.69) is 6.58 Å². The zero-order valence-corrected chi connectivity index (χ0v) is 6.69. The Bertz CT molecular complexity index is 368. The van der Waals surface area contributed by atoms with Crippen molar-refractivity contribution in [1.29, 1.82) is 0 Å². The Kier molecular flexibility index (Phi) is 2.23. The third kappa shape index (κ3) is 1.79. The van der Waals surface area contributed by atoms with E-state index < -0.39 is 11.5 Å². The van der Waals surface area contributed by atoms with Crippen molar-refractivity contribution in [3.8, 4) is 11.5 Å². The number of hydrogen-bond acceptors (Lipinski definition) is 4. The van der Waals surface area contributed by atoms with Crippen LogP contribution in [0, 0.1) is 0 Å². The molecule has 13 heavy (non-hydrogen) atoms. The van der Waals surface area contributed by atoms with E-state index in [0.29, 0.717) is 0 Å². The topological polar surface area (TPSA) is 77.8 Å². The normalized spacial score (nSPS) is 9.54. The molecule has 4 heteroatoms. The Balaban J connectivity index is 3.16. The highest BCUT2D eigenvalue weighted by atomic mass is 16.3. The molecule has 0 spiro atoms. The first kappa shape index (κ1) is 9.12. The third-order valence-electron chi connectivity index (χ3n) is 1.49. The van der Waals surface area contributed by atoms with Gasteiger partial charge in [0.2, 0.25) is 5.78 Å². The molecule has 0 unspecified atom stereocenters. The molecular weight excluding hydrogens is 172 g/mol. The first-order valence-electron chi connectivity index (χ1n) is 3.47. The second kappa shape index (κ2) is 3.18. The van der Waals surface area contributed by atoms with Crippen LogP contribution < -0.4 is 0 Å². The molecule has 0 aromatic heterocycles. The maximum atomic E-state index is 11.1. The van der Waals surface area contributed by atoms with E-state index in [9.17, 15) is 9.90 Å². The van der Waals surface area contributed by atoms with Crippen LogP contribution in [0.4, 0.5) is 0 Å². The van der Waals surface area contributed by atoms with E-state index in [-0.39, 0.29) is 17.1 Å². The van der Waals surface area contributed by atoms with Gasteiger partial charge >= 0.3 is 0 Å². The van der Waals surface area contributed by atoms with Crippen LogP contribution in [0.5, 0.6) is 11.5 Å². The van der Waals surface area contributed by atoms with Gasteiger partial charge in [0.1, 0.15) is 11.5 Å². The number of aliphatic hydroxyl groups excluding tert-OH is 1. The molecule has 0 amide bonds. The molecule has 0 aliphatic heterocycles. The third-order valence-corrected chi connectivity index (χ3v) is 1.49. The van der Waals surface area contributed by atoms with Crippen molar-refractivity contribution in [2.24, 2.45) is 0 Å². The number of Topliss-reactive ketones (excluding diaryl/α,β-unsaturated/α-hetero) is 1. The number of allylic oxidation sites excluding steroid dienone is 1. The fraction of sp³-hybridized carbons (Fsp3) is 0. The number of phenols is 2. The molecule has 0 radical (unpaired) electrons. The van der Waals surface area contributed by atoms with Crippen molar-refractivity contribution in [2.75, 3.05) is 0 Å². The lowest BCUT2D eigenvalue weighted by molar-refractivity contribution is 0.0976. The monoisotopic (exact) mass is 180 g/mol. The molecule has 0 aliphatic carbocycles. The molecule has 0 saturated heterocycles. The van der Waals surface area contributed by atoms with E-state index in [4.69, 9.17) is 10.2 Å². The average Bonchev–Trinajstić information content (AvgIpc) is 2.03. The lowest BCUT2D eigenvalue weighted by Gasteiger charge is -2.02. The van der Waals surface area contributed by atoms with Gasteiger partial charge in [0.15, 0.2) is 5.76 Å². The van der Waals surface area contributed by atoms with Crippen LogP contribution in [0.1, 0.15) is 10.4 Å². The van der Waals surface area contributed by atoms with Crippen LogP contribution in [0.3, 0.4) is 0 Å². The highest BCUT2D eigenvalue weighted by Crippen LogP contribution is 2.23. The Morgan fingerprint density at radius 3 is 2.38 bits per heavy atom. The molecule has 4 nitrogen and oxygen atoms in total. The molecule has 1 aromatic rings. The summed E-state index contributed by atoms with van der Waals surface area (Å²) in [5.74, 6) is -1.96. The molecule has 0 atom stereocenters. The number of carbonyl (C=O) groups is 1. The SMILES string of the molecule is C=C(O)C(=O)c1ccc(O)cc1O. The minimum Gasteiger partial charge on any atom is -0.508 e. The molecule has 0 heterocycles. The van der Waals surface area contributed by atoms with Gasteiger partial charge in [-0.05, 0) is 12.1 Å². The summed E-state index contributed by atoms with van der Waals surface area (Å²) in [6, 6.07) is 3.44. The molecule has 0 bridgehead atoms. The highest BCUT2D eigenvalue weighted by Gasteiger charge is 2.13. The minimum absolute atomic E-state index is 0.0923. The maximum absolute atomic E-state index is 11.1. The second-order valence-electron chi connectivity index (χ2n) is 2.48. The van der Waals surface area contributed by atoms with Crippen LogP contribution >= 0.6 is 0 Å².